The molecule has 0 saturated heterocycles. The third kappa shape index (κ3) is 4.20. The molecule has 1 amide bonds. The molecule has 1 heterocycles. The summed E-state index contributed by atoms with van der Waals surface area (Å²) in [7, 11) is 0. The van der Waals surface area contributed by atoms with Crippen LogP contribution in [0.1, 0.15) is 54.1 Å². The van der Waals surface area contributed by atoms with Gasteiger partial charge in [0, 0.05) is 6.54 Å². The monoisotopic (exact) mass is 253 g/mol. The van der Waals surface area contributed by atoms with E-state index in [4.69, 9.17) is 5.11 Å². The van der Waals surface area contributed by atoms with Crippen molar-refractivity contribution in [2.24, 2.45) is 5.92 Å². The molecule has 0 spiro atoms. The molecule has 0 aliphatic rings. The van der Waals surface area contributed by atoms with Gasteiger partial charge >= 0.3 is 5.97 Å². The van der Waals surface area contributed by atoms with Crippen molar-refractivity contribution in [1.29, 1.82) is 0 Å². The van der Waals surface area contributed by atoms with Gasteiger partial charge in [-0.15, -0.1) is 0 Å². The van der Waals surface area contributed by atoms with Crippen LogP contribution in [0.2, 0.25) is 0 Å². The van der Waals surface area contributed by atoms with E-state index < -0.39 is 11.9 Å². The summed E-state index contributed by atoms with van der Waals surface area (Å²) < 4.78 is 0. The van der Waals surface area contributed by atoms with Gasteiger partial charge in [0.05, 0.1) is 6.33 Å². The van der Waals surface area contributed by atoms with Crippen LogP contribution in [0.3, 0.4) is 0 Å². The van der Waals surface area contributed by atoms with Gasteiger partial charge in [-0.25, -0.2) is 9.78 Å². The number of carbonyl (C=O) groups excluding carboxylic acids is 1. The minimum atomic E-state index is -1.18. The van der Waals surface area contributed by atoms with E-state index in [0.29, 0.717) is 12.5 Å². The summed E-state index contributed by atoms with van der Waals surface area (Å²) in [5.74, 6) is -0.971. The van der Waals surface area contributed by atoms with E-state index in [1.165, 1.54) is 6.33 Å². The number of nitrogens with one attached hydrogen (secondary N) is 2. The summed E-state index contributed by atoms with van der Waals surface area (Å²) in [5.41, 5.74) is -0.235. The molecule has 0 aromatic carbocycles. The predicted octanol–water partition coefficient (Wildman–Crippen LogP) is 1.66. The number of aromatic carboxylic acids is 1. The van der Waals surface area contributed by atoms with Gasteiger partial charge in [0.2, 0.25) is 0 Å². The van der Waals surface area contributed by atoms with E-state index in [-0.39, 0.29) is 11.4 Å². The molecule has 3 N–H and O–H groups in total. The van der Waals surface area contributed by atoms with Gasteiger partial charge in [0.1, 0.15) is 0 Å². The van der Waals surface area contributed by atoms with Crippen LogP contribution in [-0.4, -0.2) is 33.5 Å². The Morgan fingerprint density at radius 1 is 1.44 bits per heavy atom. The second-order valence-corrected chi connectivity index (χ2v) is 4.58. The van der Waals surface area contributed by atoms with Crippen molar-refractivity contribution in [2.75, 3.05) is 6.54 Å². The quantitative estimate of drug-likeness (QED) is 0.644. The molecule has 100 valence electrons. The number of imidazole rings is 1. The van der Waals surface area contributed by atoms with Crippen LogP contribution in [0.25, 0.3) is 0 Å². The lowest BCUT2D eigenvalue weighted by molar-refractivity contribution is 0.0685. The second kappa shape index (κ2) is 6.78. The number of carbonyl (C=O) groups is 2. The Bertz CT molecular complexity index is 412. The van der Waals surface area contributed by atoms with E-state index in [0.717, 1.165) is 19.3 Å². The van der Waals surface area contributed by atoms with E-state index in [2.05, 4.69) is 29.1 Å². The van der Waals surface area contributed by atoms with Gasteiger partial charge < -0.3 is 15.4 Å². The maximum atomic E-state index is 11.7. The largest absolute Gasteiger partial charge is 0.477 e. The Kier molecular flexibility index (Phi) is 5.35. The van der Waals surface area contributed by atoms with Crippen LogP contribution in [-0.2, 0) is 0 Å². The minimum absolute atomic E-state index is 0.0636. The van der Waals surface area contributed by atoms with Gasteiger partial charge in [-0.2, -0.15) is 0 Å². The van der Waals surface area contributed by atoms with Gasteiger partial charge in [0.25, 0.3) is 5.91 Å². The van der Waals surface area contributed by atoms with Gasteiger partial charge in [-0.1, -0.05) is 26.7 Å². The molecule has 0 atom stereocenters. The molecule has 0 aliphatic heterocycles. The van der Waals surface area contributed by atoms with Crippen molar-refractivity contribution in [1.82, 2.24) is 15.3 Å². The fraction of sp³-hybridized carbons (Fsp3) is 0.583. The first kappa shape index (κ1) is 14.2. The minimum Gasteiger partial charge on any atom is -0.477 e. The first-order valence-electron chi connectivity index (χ1n) is 6.07. The van der Waals surface area contributed by atoms with E-state index in [1.807, 2.05) is 0 Å². The zero-order valence-electron chi connectivity index (χ0n) is 10.7. The molecule has 1 rings (SSSR count). The lowest BCUT2D eigenvalue weighted by Gasteiger charge is -2.05. The summed E-state index contributed by atoms with van der Waals surface area (Å²) in [6.45, 7) is 4.85. The molecular formula is C12H19N3O3. The first-order chi connectivity index (χ1) is 8.52. The van der Waals surface area contributed by atoms with Gasteiger partial charge in [0.15, 0.2) is 11.4 Å². The fourth-order valence-corrected chi connectivity index (χ4v) is 1.59. The highest BCUT2D eigenvalue weighted by Crippen LogP contribution is 2.06. The lowest BCUT2D eigenvalue weighted by Crippen LogP contribution is -2.26. The Hall–Kier alpha value is -1.85. The van der Waals surface area contributed by atoms with Crippen molar-refractivity contribution in [3.8, 4) is 0 Å². The molecule has 6 nitrogen and oxygen atoms in total. The highest BCUT2D eigenvalue weighted by molar-refractivity contribution is 6.02. The third-order valence-corrected chi connectivity index (χ3v) is 2.56. The average molecular weight is 253 g/mol. The number of nitrogens with zero attached hydrogens (tertiary/aromatic N) is 1. The molecule has 0 unspecified atom stereocenters. The first-order valence-corrected chi connectivity index (χ1v) is 6.07. The highest BCUT2D eigenvalue weighted by Gasteiger charge is 2.18. The van der Waals surface area contributed by atoms with Crippen molar-refractivity contribution in [2.45, 2.75) is 33.1 Å². The van der Waals surface area contributed by atoms with Crippen molar-refractivity contribution < 1.29 is 14.7 Å². The van der Waals surface area contributed by atoms with Crippen LogP contribution in [0.4, 0.5) is 0 Å². The average Bonchev–Trinajstić information content (AvgIpc) is 2.76. The van der Waals surface area contributed by atoms with Crippen molar-refractivity contribution >= 4 is 11.9 Å². The molecule has 0 bridgehead atoms. The number of carboxylic acid groups (broad SMARTS) is 1. The highest BCUT2D eigenvalue weighted by atomic mass is 16.4. The molecule has 6 heteroatoms. The number of rotatable bonds is 7. The number of H-pyrrole nitrogens is 1. The summed E-state index contributed by atoms with van der Waals surface area (Å²) in [4.78, 5) is 28.6. The molecule has 0 radical (unpaired) electrons. The maximum Gasteiger partial charge on any atom is 0.354 e. The molecule has 1 aromatic heterocycles. The predicted molar refractivity (Wildman–Crippen MR) is 66.6 cm³/mol. The van der Waals surface area contributed by atoms with E-state index in [1.54, 1.807) is 0 Å². The van der Waals surface area contributed by atoms with E-state index >= 15 is 0 Å². The number of aromatic nitrogens is 2. The van der Waals surface area contributed by atoms with Crippen LogP contribution in [0.15, 0.2) is 6.33 Å². The maximum absolute atomic E-state index is 11.7. The Morgan fingerprint density at radius 2 is 2.17 bits per heavy atom. The molecule has 0 saturated carbocycles. The smallest absolute Gasteiger partial charge is 0.354 e. The summed E-state index contributed by atoms with van der Waals surface area (Å²) >= 11 is 0. The standard InChI is InChI=1S/C12H19N3O3/c1-8(2)5-3-4-6-13-11(16)9-10(12(17)18)15-7-14-9/h7-8H,3-6H2,1-2H3,(H,13,16)(H,14,15)(H,17,18). The molecule has 0 fully saturated rings. The molecule has 1 aromatic rings. The fourth-order valence-electron chi connectivity index (χ4n) is 1.59. The van der Waals surface area contributed by atoms with Gasteiger partial charge in [-0.05, 0) is 12.3 Å². The van der Waals surface area contributed by atoms with Crippen LogP contribution in [0, 0.1) is 5.92 Å². The number of carboxylic acids is 1. The second-order valence-electron chi connectivity index (χ2n) is 4.58. The molecular weight excluding hydrogens is 234 g/mol. The summed E-state index contributed by atoms with van der Waals surface area (Å²) in [5, 5.41) is 11.5. The lowest BCUT2D eigenvalue weighted by atomic mass is 10.1. The zero-order chi connectivity index (χ0) is 13.5. The van der Waals surface area contributed by atoms with Crippen LogP contribution >= 0.6 is 0 Å². The summed E-state index contributed by atoms with van der Waals surface area (Å²) in [6, 6.07) is 0. The zero-order valence-corrected chi connectivity index (χ0v) is 10.7. The van der Waals surface area contributed by atoms with E-state index in [9.17, 15) is 9.59 Å². The third-order valence-electron chi connectivity index (χ3n) is 2.56. The Labute approximate surface area is 106 Å². The van der Waals surface area contributed by atoms with Crippen molar-refractivity contribution in [3.05, 3.63) is 17.7 Å². The number of hydrogen-bond donors (Lipinski definition) is 3. The van der Waals surface area contributed by atoms with Crippen LogP contribution in [0.5, 0.6) is 0 Å². The van der Waals surface area contributed by atoms with Crippen molar-refractivity contribution in [3.63, 3.8) is 0 Å². The Balaban J connectivity index is 2.37. The molecule has 0 aliphatic carbocycles. The number of unbranched alkanes of at least 4 members (excludes halogenated alkanes) is 1. The number of aromatic amines is 1. The molecule has 18 heavy (non-hydrogen) atoms. The number of hydrogen-bond acceptors (Lipinski definition) is 3. The normalized spacial score (nSPS) is 10.6. The topological polar surface area (TPSA) is 95.1 Å². The SMILES string of the molecule is CC(C)CCCCNC(=O)c1nc[nH]c1C(=O)O. The Morgan fingerprint density at radius 3 is 2.78 bits per heavy atom. The van der Waals surface area contributed by atoms with Gasteiger partial charge in [-0.3, -0.25) is 4.79 Å². The summed E-state index contributed by atoms with van der Waals surface area (Å²) in [6.07, 6.45) is 4.26. The number of amides is 1. The van der Waals surface area contributed by atoms with Crippen LogP contribution < -0.4 is 5.32 Å².